The highest BCUT2D eigenvalue weighted by molar-refractivity contribution is 5.56. The van der Waals surface area contributed by atoms with Gasteiger partial charge in [0.1, 0.15) is 12.4 Å². The molecule has 0 saturated carbocycles. The van der Waals surface area contributed by atoms with E-state index in [1.807, 2.05) is 43.4 Å². The van der Waals surface area contributed by atoms with Gasteiger partial charge in [-0.1, -0.05) is 48.6 Å². The van der Waals surface area contributed by atoms with Gasteiger partial charge in [0.2, 0.25) is 0 Å². The Hall–Kier alpha value is -1.76. The first-order chi connectivity index (χ1) is 7.42. The smallest absolute Gasteiger partial charge is 0.132 e. The molecule has 0 N–H and O–H groups in total. The summed E-state index contributed by atoms with van der Waals surface area (Å²) in [4.78, 5) is 0. The Labute approximate surface area is 90.4 Å². The minimum atomic E-state index is 0.883. The minimum absolute atomic E-state index is 0.883. The van der Waals surface area contributed by atoms with Crippen molar-refractivity contribution in [2.45, 2.75) is 6.92 Å². The van der Waals surface area contributed by atoms with E-state index in [1.165, 1.54) is 5.57 Å². The van der Waals surface area contributed by atoms with E-state index >= 15 is 0 Å². The molecule has 0 unspecified atom stereocenters. The molecule has 0 fully saturated rings. The van der Waals surface area contributed by atoms with Crippen molar-refractivity contribution in [3.05, 3.63) is 78.2 Å². The molecule has 2 aliphatic carbocycles. The number of hydrogen-bond donors (Lipinski definition) is 0. The lowest BCUT2D eigenvalue weighted by molar-refractivity contribution is 0.307. The molecule has 0 bridgehead atoms. The van der Waals surface area contributed by atoms with Crippen LogP contribution in [0.4, 0.5) is 0 Å². The molecule has 15 heavy (non-hydrogen) atoms. The fourth-order valence-corrected chi connectivity index (χ4v) is 1.55. The molecule has 2 aliphatic rings. The van der Waals surface area contributed by atoms with Gasteiger partial charge >= 0.3 is 0 Å². The SMILES string of the molecule is C[CH]OC1=CC=CC=C2C=CC=CC=C21. The maximum Gasteiger partial charge on any atom is 0.132 e. The lowest BCUT2D eigenvalue weighted by atomic mass is 10.0. The predicted octanol–water partition coefficient (Wildman–Crippen LogP) is 3.62. The number of rotatable bonds is 2. The molecule has 0 atom stereocenters. The molecule has 0 amide bonds. The highest BCUT2D eigenvalue weighted by atomic mass is 16.5. The Kier molecular flexibility index (Phi) is 3.03. The summed E-state index contributed by atoms with van der Waals surface area (Å²) in [5.74, 6) is 0.883. The van der Waals surface area contributed by atoms with Crippen molar-refractivity contribution in [2.75, 3.05) is 0 Å². The summed E-state index contributed by atoms with van der Waals surface area (Å²) >= 11 is 0. The van der Waals surface area contributed by atoms with E-state index in [0.717, 1.165) is 11.3 Å². The first kappa shape index (κ1) is 9.78. The van der Waals surface area contributed by atoms with Crippen LogP contribution in [0.2, 0.25) is 0 Å². The van der Waals surface area contributed by atoms with Crippen molar-refractivity contribution >= 4 is 0 Å². The number of hydrogen-bond acceptors (Lipinski definition) is 1. The number of allylic oxidation sites excluding steroid dienone is 10. The standard InChI is InChI=1S/C14H13O/c1-2-15-14-11-7-6-9-12-8-4-3-5-10-13(12)14/h2-11H,1H3. The highest BCUT2D eigenvalue weighted by Gasteiger charge is 2.10. The van der Waals surface area contributed by atoms with Crippen LogP contribution in [0.15, 0.2) is 71.6 Å². The van der Waals surface area contributed by atoms with E-state index in [0.29, 0.717) is 0 Å². The average Bonchev–Trinajstić information content (AvgIpc) is 2.55. The molecule has 1 radical (unpaired) electrons. The maximum atomic E-state index is 5.50. The molecule has 0 aromatic heterocycles. The van der Waals surface area contributed by atoms with Gasteiger partial charge in [0, 0.05) is 5.57 Å². The zero-order valence-corrected chi connectivity index (χ0v) is 8.68. The van der Waals surface area contributed by atoms with Gasteiger partial charge in [-0.15, -0.1) is 0 Å². The summed E-state index contributed by atoms with van der Waals surface area (Å²) in [6.07, 6.45) is 18.3. The second kappa shape index (κ2) is 4.65. The van der Waals surface area contributed by atoms with Gasteiger partial charge in [0.15, 0.2) is 0 Å². The van der Waals surface area contributed by atoms with E-state index in [9.17, 15) is 0 Å². The van der Waals surface area contributed by atoms with Crippen molar-refractivity contribution in [1.82, 2.24) is 0 Å². The van der Waals surface area contributed by atoms with Crippen molar-refractivity contribution in [3.8, 4) is 0 Å². The van der Waals surface area contributed by atoms with E-state index in [2.05, 4.69) is 18.2 Å². The van der Waals surface area contributed by atoms with Crippen LogP contribution in [0, 0.1) is 6.61 Å². The van der Waals surface area contributed by atoms with Gasteiger partial charge in [-0.3, -0.25) is 0 Å². The van der Waals surface area contributed by atoms with Crippen LogP contribution in [-0.2, 0) is 4.74 Å². The van der Waals surface area contributed by atoms with Gasteiger partial charge in [-0.25, -0.2) is 0 Å². The van der Waals surface area contributed by atoms with Crippen molar-refractivity contribution in [3.63, 3.8) is 0 Å². The normalized spacial score (nSPS) is 18.3. The first-order valence-electron chi connectivity index (χ1n) is 5.01. The highest BCUT2D eigenvalue weighted by Crippen LogP contribution is 2.26. The minimum Gasteiger partial charge on any atom is -0.486 e. The molecule has 75 valence electrons. The fourth-order valence-electron chi connectivity index (χ4n) is 1.55. The van der Waals surface area contributed by atoms with Crippen molar-refractivity contribution in [1.29, 1.82) is 0 Å². The van der Waals surface area contributed by atoms with E-state index in [4.69, 9.17) is 4.74 Å². The Morgan fingerprint density at radius 3 is 2.60 bits per heavy atom. The van der Waals surface area contributed by atoms with Crippen molar-refractivity contribution in [2.24, 2.45) is 0 Å². The monoisotopic (exact) mass is 197 g/mol. The van der Waals surface area contributed by atoms with Crippen LogP contribution in [0.3, 0.4) is 0 Å². The molecule has 2 rings (SSSR count). The van der Waals surface area contributed by atoms with E-state index in [1.54, 1.807) is 6.61 Å². The number of fused-ring (bicyclic) bond motifs is 1. The molecule has 0 aromatic carbocycles. The second-order valence-corrected chi connectivity index (χ2v) is 3.22. The lowest BCUT2D eigenvalue weighted by Gasteiger charge is -2.11. The third-order valence-electron chi connectivity index (χ3n) is 2.22. The average molecular weight is 197 g/mol. The van der Waals surface area contributed by atoms with Crippen LogP contribution in [0.5, 0.6) is 0 Å². The van der Waals surface area contributed by atoms with Gasteiger partial charge in [-0.05, 0) is 18.6 Å². The third-order valence-corrected chi connectivity index (χ3v) is 2.22. The van der Waals surface area contributed by atoms with Gasteiger partial charge in [0.05, 0.1) is 0 Å². The Morgan fingerprint density at radius 2 is 1.73 bits per heavy atom. The summed E-state index contributed by atoms with van der Waals surface area (Å²) in [6.45, 7) is 3.57. The molecular weight excluding hydrogens is 184 g/mol. The molecule has 0 aliphatic heterocycles. The van der Waals surface area contributed by atoms with Crippen LogP contribution in [0.25, 0.3) is 0 Å². The van der Waals surface area contributed by atoms with E-state index in [-0.39, 0.29) is 0 Å². The molecule has 0 saturated heterocycles. The first-order valence-corrected chi connectivity index (χ1v) is 5.01. The van der Waals surface area contributed by atoms with Crippen LogP contribution in [0.1, 0.15) is 6.92 Å². The molecule has 0 heterocycles. The van der Waals surface area contributed by atoms with Gasteiger partial charge < -0.3 is 4.74 Å². The molecule has 1 heteroatoms. The third kappa shape index (κ3) is 2.18. The summed E-state index contributed by atoms with van der Waals surface area (Å²) in [5, 5.41) is 0. The Bertz CT molecular complexity index is 415. The molecule has 1 nitrogen and oxygen atoms in total. The Balaban J connectivity index is 2.42. The summed E-state index contributed by atoms with van der Waals surface area (Å²) in [7, 11) is 0. The quantitative estimate of drug-likeness (QED) is 0.657. The summed E-state index contributed by atoms with van der Waals surface area (Å²) in [6, 6.07) is 0. The topological polar surface area (TPSA) is 9.23 Å². The van der Waals surface area contributed by atoms with E-state index < -0.39 is 0 Å². The number of ether oxygens (including phenoxy) is 1. The zero-order valence-electron chi connectivity index (χ0n) is 8.68. The Morgan fingerprint density at radius 1 is 0.933 bits per heavy atom. The predicted molar refractivity (Wildman–Crippen MR) is 62.7 cm³/mol. The summed E-state index contributed by atoms with van der Waals surface area (Å²) < 4.78 is 5.50. The van der Waals surface area contributed by atoms with Crippen LogP contribution < -0.4 is 0 Å². The maximum absolute atomic E-state index is 5.50. The van der Waals surface area contributed by atoms with Crippen LogP contribution >= 0.6 is 0 Å². The summed E-state index contributed by atoms with van der Waals surface area (Å²) in [5.41, 5.74) is 2.28. The van der Waals surface area contributed by atoms with Gasteiger partial charge in [0.25, 0.3) is 0 Å². The van der Waals surface area contributed by atoms with Crippen molar-refractivity contribution < 1.29 is 4.74 Å². The lowest BCUT2D eigenvalue weighted by Crippen LogP contribution is -1.94. The van der Waals surface area contributed by atoms with Gasteiger partial charge in [-0.2, -0.15) is 0 Å². The fraction of sp³-hybridized carbons (Fsp3) is 0.0714. The zero-order chi connectivity index (χ0) is 10.5. The largest absolute Gasteiger partial charge is 0.486 e. The molecule has 0 aromatic rings. The molecular formula is C14H13O. The molecule has 0 spiro atoms. The van der Waals surface area contributed by atoms with Crippen LogP contribution in [-0.4, -0.2) is 0 Å². The second-order valence-electron chi connectivity index (χ2n) is 3.22.